The predicted octanol–water partition coefficient (Wildman–Crippen LogP) is 3.61. The van der Waals surface area contributed by atoms with Gasteiger partial charge in [-0.1, -0.05) is 18.6 Å². The zero-order valence-corrected chi connectivity index (χ0v) is 12.2. The molecule has 0 saturated heterocycles. The van der Waals surface area contributed by atoms with Crippen LogP contribution < -0.4 is 4.74 Å². The van der Waals surface area contributed by atoms with Crippen molar-refractivity contribution in [2.45, 2.75) is 20.3 Å². The number of aryl methyl sites for hydroxylation is 1. The Labute approximate surface area is 118 Å². The summed E-state index contributed by atoms with van der Waals surface area (Å²) in [4.78, 5) is 10.6. The number of thioether (sulfide) groups is 1. The Morgan fingerprint density at radius 3 is 2.95 bits per heavy atom. The summed E-state index contributed by atoms with van der Waals surface area (Å²) < 4.78 is 5.71. The van der Waals surface area contributed by atoms with E-state index in [1.807, 2.05) is 36.9 Å². The van der Waals surface area contributed by atoms with Crippen LogP contribution in [0.2, 0.25) is 0 Å². The summed E-state index contributed by atoms with van der Waals surface area (Å²) in [7, 11) is 0. The standard InChI is InChI=1S/C15H20O3S/c1-3-19-10-4-9-18-14-7-5-12(2)11-13(14)6-8-15(16)17/h5-8,11H,3-4,9-10H2,1-2H3,(H,16,17)/b8-6+. The molecule has 0 fully saturated rings. The maximum Gasteiger partial charge on any atom is 0.328 e. The lowest BCUT2D eigenvalue weighted by Gasteiger charge is -2.09. The highest BCUT2D eigenvalue weighted by Crippen LogP contribution is 2.22. The van der Waals surface area contributed by atoms with Gasteiger partial charge in [-0.2, -0.15) is 11.8 Å². The van der Waals surface area contributed by atoms with Gasteiger partial charge in [-0.3, -0.25) is 0 Å². The van der Waals surface area contributed by atoms with Crippen LogP contribution in [0.3, 0.4) is 0 Å². The minimum atomic E-state index is -0.952. The molecule has 0 spiro atoms. The van der Waals surface area contributed by atoms with Crippen molar-refractivity contribution in [2.75, 3.05) is 18.1 Å². The number of ether oxygens (including phenoxy) is 1. The van der Waals surface area contributed by atoms with E-state index in [0.717, 1.165) is 40.9 Å². The van der Waals surface area contributed by atoms with Gasteiger partial charge in [0.25, 0.3) is 0 Å². The smallest absolute Gasteiger partial charge is 0.328 e. The largest absolute Gasteiger partial charge is 0.493 e. The summed E-state index contributed by atoms with van der Waals surface area (Å²) in [6, 6.07) is 5.79. The van der Waals surface area contributed by atoms with Crippen molar-refractivity contribution in [2.24, 2.45) is 0 Å². The van der Waals surface area contributed by atoms with Crippen LogP contribution >= 0.6 is 11.8 Å². The lowest BCUT2D eigenvalue weighted by molar-refractivity contribution is -0.131. The molecule has 1 aromatic rings. The molecule has 3 nitrogen and oxygen atoms in total. The van der Waals surface area contributed by atoms with E-state index in [1.165, 1.54) is 0 Å². The first kappa shape index (κ1) is 15.6. The van der Waals surface area contributed by atoms with E-state index in [9.17, 15) is 4.79 Å². The molecule has 0 aromatic heterocycles. The van der Waals surface area contributed by atoms with Crippen molar-refractivity contribution < 1.29 is 14.6 Å². The first-order valence-electron chi connectivity index (χ1n) is 6.35. The zero-order valence-electron chi connectivity index (χ0n) is 11.4. The lowest BCUT2D eigenvalue weighted by Crippen LogP contribution is -2.00. The molecule has 4 heteroatoms. The SMILES string of the molecule is CCSCCCOc1ccc(C)cc1/C=C/C(=O)O. The number of carbonyl (C=O) groups is 1. The van der Waals surface area contributed by atoms with Crippen LogP contribution in [0.15, 0.2) is 24.3 Å². The van der Waals surface area contributed by atoms with Crippen molar-refractivity contribution in [1.82, 2.24) is 0 Å². The molecule has 0 aliphatic heterocycles. The normalized spacial score (nSPS) is 10.8. The lowest BCUT2D eigenvalue weighted by atomic mass is 10.1. The minimum absolute atomic E-state index is 0.657. The average Bonchev–Trinajstić information content (AvgIpc) is 2.38. The molecule has 0 radical (unpaired) electrons. The first-order valence-corrected chi connectivity index (χ1v) is 7.51. The van der Waals surface area contributed by atoms with E-state index in [-0.39, 0.29) is 0 Å². The Hall–Kier alpha value is -1.42. The van der Waals surface area contributed by atoms with Gasteiger partial charge in [0.15, 0.2) is 0 Å². The fourth-order valence-electron chi connectivity index (χ4n) is 1.58. The Bertz CT molecular complexity index is 441. The number of rotatable bonds is 8. The summed E-state index contributed by atoms with van der Waals surface area (Å²) in [5.41, 5.74) is 1.89. The molecule has 19 heavy (non-hydrogen) atoms. The highest BCUT2D eigenvalue weighted by Gasteiger charge is 2.02. The quantitative estimate of drug-likeness (QED) is 0.583. The molecule has 1 aromatic carbocycles. The van der Waals surface area contributed by atoms with Crippen molar-refractivity contribution in [3.05, 3.63) is 35.4 Å². The summed E-state index contributed by atoms with van der Waals surface area (Å²) in [5, 5.41) is 8.68. The molecule has 0 unspecified atom stereocenters. The third kappa shape index (κ3) is 6.34. The van der Waals surface area contributed by atoms with Gasteiger partial charge in [0.1, 0.15) is 5.75 Å². The summed E-state index contributed by atoms with van der Waals surface area (Å²) in [5.74, 6) is 2.00. The monoisotopic (exact) mass is 280 g/mol. The number of hydrogen-bond acceptors (Lipinski definition) is 3. The average molecular weight is 280 g/mol. The molecule has 0 heterocycles. The topological polar surface area (TPSA) is 46.5 Å². The highest BCUT2D eigenvalue weighted by molar-refractivity contribution is 7.99. The Balaban J connectivity index is 2.63. The van der Waals surface area contributed by atoms with Crippen LogP contribution in [0.25, 0.3) is 6.08 Å². The third-order valence-electron chi connectivity index (χ3n) is 2.47. The van der Waals surface area contributed by atoms with Crippen LogP contribution in [-0.2, 0) is 4.79 Å². The van der Waals surface area contributed by atoms with Crippen LogP contribution in [0.5, 0.6) is 5.75 Å². The van der Waals surface area contributed by atoms with E-state index in [0.29, 0.717) is 6.61 Å². The number of carboxylic acid groups (broad SMARTS) is 1. The maximum atomic E-state index is 10.6. The van der Waals surface area contributed by atoms with Gasteiger partial charge < -0.3 is 9.84 Å². The summed E-state index contributed by atoms with van der Waals surface area (Å²) in [6.45, 7) is 4.77. The maximum absolute atomic E-state index is 10.6. The van der Waals surface area contributed by atoms with E-state index in [1.54, 1.807) is 6.08 Å². The summed E-state index contributed by atoms with van der Waals surface area (Å²) >= 11 is 1.89. The second kappa shape index (κ2) is 8.64. The van der Waals surface area contributed by atoms with Crippen LogP contribution in [-0.4, -0.2) is 29.2 Å². The zero-order chi connectivity index (χ0) is 14.1. The number of hydrogen-bond donors (Lipinski definition) is 1. The molecule has 1 N–H and O–H groups in total. The number of aliphatic carboxylic acids is 1. The fourth-order valence-corrected chi connectivity index (χ4v) is 2.19. The molecule has 0 saturated carbocycles. The molecular formula is C15H20O3S. The van der Waals surface area contributed by atoms with Gasteiger partial charge in [-0.05, 0) is 43.1 Å². The van der Waals surface area contributed by atoms with Crippen molar-refractivity contribution in [1.29, 1.82) is 0 Å². The molecule has 1 rings (SSSR count). The van der Waals surface area contributed by atoms with E-state index in [2.05, 4.69) is 6.92 Å². The van der Waals surface area contributed by atoms with Crippen molar-refractivity contribution in [3.8, 4) is 5.75 Å². The first-order chi connectivity index (χ1) is 9.13. The van der Waals surface area contributed by atoms with Gasteiger partial charge in [-0.15, -0.1) is 0 Å². The van der Waals surface area contributed by atoms with Crippen molar-refractivity contribution >= 4 is 23.8 Å². The van der Waals surface area contributed by atoms with E-state index >= 15 is 0 Å². The van der Waals surface area contributed by atoms with Gasteiger partial charge in [0, 0.05) is 11.6 Å². The van der Waals surface area contributed by atoms with Gasteiger partial charge in [0.2, 0.25) is 0 Å². The third-order valence-corrected chi connectivity index (χ3v) is 3.45. The van der Waals surface area contributed by atoms with E-state index in [4.69, 9.17) is 9.84 Å². The summed E-state index contributed by atoms with van der Waals surface area (Å²) in [6.07, 6.45) is 3.70. The van der Waals surface area contributed by atoms with Crippen LogP contribution in [0.4, 0.5) is 0 Å². The molecule has 104 valence electrons. The number of benzene rings is 1. The molecule has 0 aliphatic rings. The van der Waals surface area contributed by atoms with Gasteiger partial charge in [-0.25, -0.2) is 4.79 Å². The Morgan fingerprint density at radius 1 is 1.47 bits per heavy atom. The van der Waals surface area contributed by atoms with Crippen LogP contribution in [0, 0.1) is 6.92 Å². The van der Waals surface area contributed by atoms with E-state index < -0.39 is 5.97 Å². The minimum Gasteiger partial charge on any atom is -0.493 e. The molecule has 0 bridgehead atoms. The second-order valence-corrected chi connectivity index (χ2v) is 5.51. The Kier molecular flexibility index (Phi) is 7.11. The number of carboxylic acids is 1. The molecule has 0 amide bonds. The molecule has 0 atom stereocenters. The van der Waals surface area contributed by atoms with Crippen LogP contribution in [0.1, 0.15) is 24.5 Å². The second-order valence-electron chi connectivity index (χ2n) is 4.11. The Morgan fingerprint density at radius 2 is 2.26 bits per heavy atom. The predicted molar refractivity (Wildman–Crippen MR) is 81.0 cm³/mol. The molecule has 0 aliphatic carbocycles. The van der Waals surface area contributed by atoms with Gasteiger partial charge in [0.05, 0.1) is 6.61 Å². The highest BCUT2D eigenvalue weighted by atomic mass is 32.2. The van der Waals surface area contributed by atoms with Crippen molar-refractivity contribution in [3.63, 3.8) is 0 Å². The fraction of sp³-hybridized carbons (Fsp3) is 0.400. The van der Waals surface area contributed by atoms with Gasteiger partial charge >= 0.3 is 5.97 Å². The molecular weight excluding hydrogens is 260 g/mol.